The van der Waals surface area contributed by atoms with Crippen LogP contribution in [0.25, 0.3) is 0 Å². The summed E-state index contributed by atoms with van der Waals surface area (Å²) in [6.45, 7) is 6.23. The van der Waals surface area contributed by atoms with Crippen LogP contribution < -0.4 is 5.32 Å². The Kier molecular flexibility index (Phi) is 5.85. The van der Waals surface area contributed by atoms with Crippen molar-refractivity contribution in [3.8, 4) is 0 Å². The lowest BCUT2D eigenvalue weighted by molar-refractivity contribution is 0.0498. The molecule has 1 aliphatic rings. The lowest BCUT2D eigenvalue weighted by Gasteiger charge is -2.39. The van der Waals surface area contributed by atoms with Gasteiger partial charge in [0.2, 0.25) is 0 Å². The van der Waals surface area contributed by atoms with Crippen LogP contribution in [0.2, 0.25) is 0 Å². The van der Waals surface area contributed by atoms with E-state index in [1.165, 1.54) is 11.1 Å². The van der Waals surface area contributed by atoms with Crippen LogP contribution in [0.3, 0.4) is 0 Å². The third-order valence-electron chi connectivity index (χ3n) is 5.85. The third kappa shape index (κ3) is 4.16. The van der Waals surface area contributed by atoms with Crippen molar-refractivity contribution < 1.29 is 9.53 Å². The highest BCUT2D eigenvalue weighted by molar-refractivity contribution is 5.74. The molecule has 6 nitrogen and oxygen atoms in total. The van der Waals surface area contributed by atoms with Crippen LogP contribution in [0.15, 0.2) is 36.7 Å². The molecule has 1 atom stereocenters. The van der Waals surface area contributed by atoms with E-state index >= 15 is 0 Å². The van der Waals surface area contributed by atoms with Gasteiger partial charge in [0.05, 0.1) is 12.2 Å². The number of nitrogens with one attached hydrogen (secondary N) is 1. The monoisotopic (exact) mass is 370 g/mol. The summed E-state index contributed by atoms with van der Waals surface area (Å²) in [6, 6.07) is 8.37. The third-order valence-corrected chi connectivity index (χ3v) is 5.85. The van der Waals surface area contributed by atoms with E-state index in [9.17, 15) is 4.79 Å². The molecule has 1 N–H and O–H groups in total. The molecule has 2 heterocycles. The van der Waals surface area contributed by atoms with Crippen LogP contribution in [0.1, 0.15) is 42.5 Å². The molecule has 146 valence electrons. The van der Waals surface area contributed by atoms with E-state index in [2.05, 4.69) is 41.6 Å². The number of aromatic nitrogens is 2. The van der Waals surface area contributed by atoms with Gasteiger partial charge in [0.15, 0.2) is 0 Å². The predicted octanol–water partition coefficient (Wildman–Crippen LogP) is 3.18. The molecule has 0 aliphatic carbocycles. The molecule has 1 saturated heterocycles. The number of ether oxygens (including phenoxy) is 1. The van der Waals surface area contributed by atoms with Gasteiger partial charge in [-0.2, -0.15) is 5.10 Å². The summed E-state index contributed by atoms with van der Waals surface area (Å²) in [5.74, 6) is 0. The number of carbonyl (C=O) groups is 1. The first-order valence-electron chi connectivity index (χ1n) is 9.56. The predicted molar refractivity (Wildman–Crippen MR) is 106 cm³/mol. The second-order valence-electron chi connectivity index (χ2n) is 7.60. The number of nitrogens with zero attached hydrogens (tertiary/aromatic N) is 3. The summed E-state index contributed by atoms with van der Waals surface area (Å²) in [6.07, 6.45) is 5.59. The first-order valence-corrected chi connectivity index (χ1v) is 9.56. The van der Waals surface area contributed by atoms with Crippen LogP contribution in [0, 0.1) is 6.92 Å². The Labute approximate surface area is 161 Å². The van der Waals surface area contributed by atoms with Gasteiger partial charge in [0.1, 0.15) is 0 Å². The normalized spacial score (nSPS) is 17.3. The highest BCUT2D eigenvalue weighted by Crippen LogP contribution is 2.36. The van der Waals surface area contributed by atoms with Crippen molar-refractivity contribution in [1.29, 1.82) is 0 Å². The molecular formula is C21H30N4O2. The molecule has 1 fully saturated rings. The van der Waals surface area contributed by atoms with Gasteiger partial charge >= 0.3 is 6.03 Å². The lowest BCUT2D eigenvalue weighted by atomic mass is 9.72. The molecular weight excluding hydrogens is 340 g/mol. The van der Waals surface area contributed by atoms with Crippen molar-refractivity contribution in [3.63, 3.8) is 0 Å². The summed E-state index contributed by atoms with van der Waals surface area (Å²) < 4.78 is 7.36. The summed E-state index contributed by atoms with van der Waals surface area (Å²) >= 11 is 0. The molecule has 0 unspecified atom stereocenters. The maximum absolute atomic E-state index is 12.8. The highest BCUT2D eigenvalue weighted by atomic mass is 16.5. The van der Waals surface area contributed by atoms with Gasteiger partial charge in [0.25, 0.3) is 0 Å². The average molecular weight is 370 g/mol. The molecule has 1 aliphatic heterocycles. The Morgan fingerprint density at radius 1 is 1.37 bits per heavy atom. The molecule has 0 bridgehead atoms. The number of hydrogen-bond donors (Lipinski definition) is 1. The van der Waals surface area contributed by atoms with Crippen molar-refractivity contribution in [2.75, 3.05) is 26.8 Å². The fourth-order valence-corrected chi connectivity index (χ4v) is 3.90. The van der Waals surface area contributed by atoms with E-state index in [1.54, 1.807) is 9.58 Å². The summed E-state index contributed by atoms with van der Waals surface area (Å²) in [7, 11) is 3.71. The van der Waals surface area contributed by atoms with Gasteiger partial charge in [-0.15, -0.1) is 0 Å². The quantitative estimate of drug-likeness (QED) is 0.879. The van der Waals surface area contributed by atoms with E-state index < -0.39 is 0 Å². The standard InChI is InChI=1S/C21H30N4O2/c1-16-7-5-6-8-19(16)21(9-11-27-12-10-21)15-22-20(26)25(4)17(2)18-13-23-24(3)14-18/h5-8,13-14,17H,9-12,15H2,1-4H3,(H,22,26)/t17-/m0/s1. The molecule has 2 aromatic rings. The number of aryl methyl sites for hydroxylation is 2. The van der Waals surface area contributed by atoms with E-state index in [4.69, 9.17) is 4.74 Å². The maximum atomic E-state index is 12.8. The van der Waals surface area contributed by atoms with Gasteiger partial charge in [-0.25, -0.2) is 4.79 Å². The Hall–Kier alpha value is -2.34. The first kappa shape index (κ1) is 19.4. The lowest BCUT2D eigenvalue weighted by Crippen LogP contribution is -2.48. The minimum absolute atomic E-state index is 0.0391. The Bertz CT molecular complexity index is 780. The van der Waals surface area contributed by atoms with E-state index in [-0.39, 0.29) is 17.5 Å². The summed E-state index contributed by atoms with van der Waals surface area (Å²) in [5.41, 5.74) is 3.54. The Balaban J connectivity index is 1.72. The van der Waals surface area contributed by atoms with Gasteiger partial charge in [-0.05, 0) is 37.8 Å². The minimum Gasteiger partial charge on any atom is -0.381 e. The Morgan fingerprint density at radius 3 is 2.70 bits per heavy atom. The van der Waals surface area contributed by atoms with E-state index in [0.29, 0.717) is 6.54 Å². The Morgan fingerprint density at radius 2 is 2.07 bits per heavy atom. The van der Waals surface area contributed by atoms with Crippen LogP contribution in [-0.2, 0) is 17.2 Å². The van der Waals surface area contributed by atoms with Crippen molar-refractivity contribution in [2.24, 2.45) is 7.05 Å². The molecule has 1 aromatic heterocycles. The molecule has 2 amide bonds. The zero-order valence-corrected chi connectivity index (χ0v) is 16.7. The fraction of sp³-hybridized carbons (Fsp3) is 0.524. The number of hydrogen-bond acceptors (Lipinski definition) is 3. The van der Waals surface area contributed by atoms with Crippen LogP contribution >= 0.6 is 0 Å². The largest absolute Gasteiger partial charge is 0.381 e. The van der Waals surface area contributed by atoms with Gasteiger partial charge < -0.3 is 15.0 Å². The number of benzene rings is 1. The second kappa shape index (κ2) is 8.13. The van der Waals surface area contributed by atoms with Crippen molar-refractivity contribution in [2.45, 2.75) is 38.1 Å². The van der Waals surface area contributed by atoms with E-state index in [1.807, 2.05) is 33.4 Å². The highest BCUT2D eigenvalue weighted by Gasteiger charge is 2.36. The van der Waals surface area contributed by atoms with Crippen LogP contribution in [0.4, 0.5) is 4.79 Å². The molecule has 3 rings (SSSR count). The molecule has 27 heavy (non-hydrogen) atoms. The number of urea groups is 1. The average Bonchev–Trinajstić information content (AvgIpc) is 3.12. The first-order chi connectivity index (χ1) is 12.9. The summed E-state index contributed by atoms with van der Waals surface area (Å²) in [4.78, 5) is 14.6. The smallest absolute Gasteiger partial charge is 0.317 e. The fourth-order valence-electron chi connectivity index (χ4n) is 3.90. The van der Waals surface area contributed by atoms with Crippen molar-refractivity contribution in [3.05, 3.63) is 53.3 Å². The molecule has 0 radical (unpaired) electrons. The molecule has 0 saturated carbocycles. The molecule has 1 aromatic carbocycles. The zero-order valence-electron chi connectivity index (χ0n) is 16.7. The second-order valence-corrected chi connectivity index (χ2v) is 7.60. The number of rotatable bonds is 5. The van der Waals surface area contributed by atoms with Crippen LogP contribution in [-0.4, -0.2) is 47.5 Å². The van der Waals surface area contributed by atoms with E-state index in [0.717, 1.165) is 31.6 Å². The zero-order chi connectivity index (χ0) is 19.4. The summed E-state index contributed by atoms with van der Waals surface area (Å²) in [5, 5.41) is 7.38. The number of amides is 2. The van der Waals surface area contributed by atoms with Crippen molar-refractivity contribution in [1.82, 2.24) is 20.0 Å². The van der Waals surface area contributed by atoms with Gasteiger partial charge in [-0.1, -0.05) is 24.3 Å². The van der Waals surface area contributed by atoms with Crippen molar-refractivity contribution >= 4 is 6.03 Å². The maximum Gasteiger partial charge on any atom is 0.317 e. The topological polar surface area (TPSA) is 59.4 Å². The number of carbonyl (C=O) groups excluding carboxylic acids is 1. The van der Waals surface area contributed by atoms with Gasteiger partial charge in [0, 0.05) is 51.0 Å². The minimum atomic E-state index is -0.0718. The van der Waals surface area contributed by atoms with Gasteiger partial charge in [-0.3, -0.25) is 4.68 Å². The molecule has 6 heteroatoms. The molecule has 0 spiro atoms. The van der Waals surface area contributed by atoms with Crippen LogP contribution in [0.5, 0.6) is 0 Å². The SMILES string of the molecule is Cc1ccccc1C1(CNC(=O)N(C)[C@@H](C)c2cnn(C)c2)CCOCC1.